The largest absolute Gasteiger partial charge is 0.494 e. The van der Waals surface area contributed by atoms with E-state index in [1.807, 2.05) is 22.8 Å². The second kappa shape index (κ2) is 5.90. The van der Waals surface area contributed by atoms with Crippen molar-refractivity contribution in [3.63, 3.8) is 0 Å². The van der Waals surface area contributed by atoms with Crippen molar-refractivity contribution in [3.8, 4) is 5.75 Å². The number of hydrogen-bond acceptors (Lipinski definition) is 6. The van der Waals surface area contributed by atoms with Gasteiger partial charge in [0.15, 0.2) is 0 Å². The summed E-state index contributed by atoms with van der Waals surface area (Å²) < 4.78 is 7.29. The van der Waals surface area contributed by atoms with Crippen LogP contribution in [-0.4, -0.2) is 34.1 Å². The van der Waals surface area contributed by atoms with Gasteiger partial charge in [0.2, 0.25) is 5.62 Å². The Kier molecular flexibility index (Phi) is 3.57. The smallest absolute Gasteiger partial charge is 0.281 e. The summed E-state index contributed by atoms with van der Waals surface area (Å²) in [5.74, 6) is 1.44. The summed E-state index contributed by atoms with van der Waals surface area (Å²) in [5, 5.41) is 4.25. The highest BCUT2D eigenvalue weighted by molar-refractivity contribution is 5.96. The highest BCUT2D eigenvalue weighted by atomic mass is 16.5. The molecule has 0 unspecified atom stereocenters. The number of nitrogens with zero attached hydrogens (tertiary/aromatic N) is 4. The summed E-state index contributed by atoms with van der Waals surface area (Å²) in [5.41, 5.74) is 6.91. The van der Waals surface area contributed by atoms with Gasteiger partial charge in [0.25, 0.3) is 5.91 Å². The van der Waals surface area contributed by atoms with Crippen molar-refractivity contribution in [3.05, 3.63) is 47.7 Å². The zero-order valence-electron chi connectivity index (χ0n) is 13.6. The molecule has 3 heterocycles. The van der Waals surface area contributed by atoms with Crippen LogP contribution in [0.25, 0.3) is 10.9 Å². The first kappa shape index (κ1) is 15.1. The van der Waals surface area contributed by atoms with E-state index < -0.39 is 5.91 Å². The number of fused-ring (bicyclic) bond motifs is 3. The van der Waals surface area contributed by atoms with E-state index in [9.17, 15) is 4.79 Å². The minimum Gasteiger partial charge on any atom is -0.494 e. The number of pyridine rings is 1. The number of nitrogen functional groups attached to an aromatic ring is 1. The lowest BCUT2D eigenvalue weighted by Crippen LogP contribution is -2.25. The molecule has 4 rings (SSSR count). The molecule has 8 heteroatoms. The summed E-state index contributed by atoms with van der Waals surface area (Å²) in [6.45, 7) is 1.43. The molecule has 3 N–H and O–H groups in total. The third-order valence-corrected chi connectivity index (χ3v) is 4.06. The van der Waals surface area contributed by atoms with E-state index in [1.165, 1.54) is 6.20 Å². The number of anilines is 2. The van der Waals surface area contributed by atoms with Gasteiger partial charge >= 0.3 is 0 Å². The summed E-state index contributed by atoms with van der Waals surface area (Å²) in [6, 6.07) is 8.87. The van der Waals surface area contributed by atoms with E-state index >= 15 is 0 Å². The molecule has 0 fully saturated rings. The van der Waals surface area contributed by atoms with Crippen LogP contribution in [0.3, 0.4) is 0 Å². The topological polar surface area (TPSA) is 107 Å². The van der Waals surface area contributed by atoms with Gasteiger partial charge in [0.1, 0.15) is 22.9 Å². The van der Waals surface area contributed by atoms with Crippen LogP contribution in [0.15, 0.2) is 41.5 Å². The summed E-state index contributed by atoms with van der Waals surface area (Å²) >= 11 is 0. The van der Waals surface area contributed by atoms with Crippen molar-refractivity contribution in [1.82, 2.24) is 14.5 Å². The monoisotopic (exact) mass is 336 g/mol. The van der Waals surface area contributed by atoms with Gasteiger partial charge < -0.3 is 15.8 Å². The zero-order chi connectivity index (χ0) is 17.4. The number of hydrogen-bond donors (Lipinski definition) is 2. The van der Waals surface area contributed by atoms with Crippen LogP contribution in [0.1, 0.15) is 10.4 Å². The Morgan fingerprint density at radius 3 is 3.00 bits per heavy atom. The van der Waals surface area contributed by atoms with Crippen LogP contribution in [0.4, 0.5) is 11.6 Å². The molecule has 1 aromatic carbocycles. The van der Waals surface area contributed by atoms with Crippen molar-refractivity contribution in [2.75, 3.05) is 24.7 Å². The van der Waals surface area contributed by atoms with Crippen LogP contribution in [0.2, 0.25) is 0 Å². The molecule has 3 aromatic rings. The number of carbonyl (C=O) groups is 1. The number of methoxy groups -OCH3 is 1. The van der Waals surface area contributed by atoms with E-state index in [4.69, 9.17) is 10.5 Å². The van der Waals surface area contributed by atoms with Crippen molar-refractivity contribution in [1.29, 1.82) is 0 Å². The molecule has 0 bridgehead atoms. The maximum atomic E-state index is 12.5. The number of para-hydroxylation sites is 1. The molecule has 0 radical (unpaired) electrons. The average molecular weight is 336 g/mol. The van der Waals surface area contributed by atoms with Crippen molar-refractivity contribution < 1.29 is 9.53 Å². The quantitative estimate of drug-likeness (QED) is 0.728. The van der Waals surface area contributed by atoms with Crippen LogP contribution in [0, 0.1) is 0 Å². The molecular weight excluding hydrogens is 320 g/mol. The molecule has 126 valence electrons. The standard InChI is InChI=1S/C17H16N6O2/c1-25-12-4-2-3-11-14(12)21-17(23-8-7-19-15(11)23)22-16(24)10-5-6-13(18)20-9-10/h2-6,9,19H,7-8H2,1H3,(H2,18,20). The summed E-state index contributed by atoms with van der Waals surface area (Å²) in [4.78, 5) is 25.2. The summed E-state index contributed by atoms with van der Waals surface area (Å²) in [7, 11) is 1.59. The predicted octanol–water partition coefficient (Wildman–Crippen LogP) is 1.19. The normalized spacial score (nSPS) is 13.6. The molecule has 2 aromatic heterocycles. The molecule has 1 aliphatic rings. The van der Waals surface area contributed by atoms with Crippen molar-refractivity contribution in [2.45, 2.75) is 6.54 Å². The molecule has 0 spiro atoms. The van der Waals surface area contributed by atoms with E-state index in [2.05, 4.69) is 20.3 Å². The van der Waals surface area contributed by atoms with Gasteiger partial charge in [-0.25, -0.2) is 9.97 Å². The van der Waals surface area contributed by atoms with Gasteiger partial charge in [0, 0.05) is 24.7 Å². The van der Waals surface area contributed by atoms with Crippen molar-refractivity contribution >= 4 is 28.4 Å². The second-order valence-corrected chi connectivity index (χ2v) is 5.58. The Balaban J connectivity index is 1.92. The lowest BCUT2D eigenvalue weighted by Gasteiger charge is -2.10. The lowest BCUT2D eigenvalue weighted by molar-refractivity contribution is 0.0996. The third-order valence-electron chi connectivity index (χ3n) is 4.06. The number of nitrogens with one attached hydrogen (secondary N) is 1. The molecule has 0 saturated heterocycles. The maximum Gasteiger partial charge on any atom is 0.281 e. The number of aromatic nitrogens is 3. The highest BCUT2D eigenvalue weighted by Gasteiger charge is 2.18. The first-order valence-corrected chi connectivity index (χ1v) is 7.79. The maximum absolute atomic E-state index is 12.5. The second-order valence-electron chi connectivity index (χ2n) is 5.58. The molecule has 25 heavy (non-hydrogen) atoms. The number of nitrogens with two attached hydrogens (primary N) is 1. The Labute approximate surface area is 143 Å². The minimum atomic E-state index is -0.421. The van der Waals surface area contributed by atoms with Gasteiger partial charge in [-0.1, -0.05) is 6.07 Å². The highest BCUT2D eigenvalue weighted by Crippen LogP contribution is 2.29. The number of ether oxygens (including phenoxy) is 1. The Morgan fingerprint density at radius 1 is 1.36 bits per heavy atom. The number of carbonyl (C=O) groups excluding carboxylic acids is 1. The van der Waals surface area contributed by atoms with Gasteiger partial charge in [-0.15, -0.1) is 0 Å². The molecular formula is C17H16N6O2. The lowest BCUT2D eigenvalue weighted by atomic mass is 10.2. The Morgan fingerprint density at radius 2 is 2.24 bits per heavy atom. The van der Waals surface area contributed by atoms with Crippen LogP contribution in [0.5, 0.6) is 5.75 Å². The van der Waals surface area contributed by atoms with Gasteiger partial charge in [-0.05, 0) is 24.3 Å². The fraction of sp³-hybridized carbons (Fsp3) is 0.176. The predicted molar refractivity (Wildman–Crippen MR) is 93.3 cm³/mol. The number of rotatable bonds is 2. The third kappa shape index (κ3) is 2.57. The molecule has 0 saturated carbocycles. The van der Waals surface area contributed by atoms with Crippen LogP contribution >= 0.6 is 0 Å². The van der Waals surface area contributed by atoms with E-state index in [1.54, 1.807) is 19.2 Å². The van der Waals surface area contributed by atoms with Gasteiger partial charge in [-0.2, -0.15) is 4.99 Å². The Hall–Kier alpha value is -3.42. The fourth-order valence-electron chi connectivity index (χ4n) is 2.86. The zero-order valence-corrected chi connectivity index (χ0v) is 13.6. The minimum absolute atomic E-state index is 0.332. The van der Waals surface area contributed by atoms with Gasteiger partial charge in [0.05, 0.1) is 12.7 Å². The Bertz CT molecular complexity index is 1040. The van der Waals surface area contributed by atoms with Crippen LogP contribution in [-0.2, 0) is 6.54 Å². The van der Waals surface area contributed by atoms with E-state index in [0.29, 0.717) is 34.8 Å². The van der Waals surface area contributed by atoms with E-state index in [0.717, 1.165) is 17.7 Å². The van der Waals surface area contributed by atoms with Gasteiger partial charge in [-0.3, -0.25) is 9.36 Å². The molecule has 1 amide bonds. The van der Waals surface area contributed by atoms with Crippen molar-refractivity contribution in [2.24, 2.45) is 4.99 Å². The molecule has 8 nitrogen and oxygen atoms in total. The van der Waals surface area contributed by atoms with Crippen LogP contribution < -0.4 is 21.4 Å². The summed E-state index contributed by atoms with van der Waals surface area (Å²) in [6.07, 6.45) is 1.41. The van der Waals surface area contributed by atoms with E-state index in [-0.39, 0.29) is 0 Å². The fourth-order valence-corrected chi connectivity index (χ4v) is 2.86. The number of amides is 1. The average Bonchev–Trinajstić information content (AvgIpc) is 3.12. The number of benzene rings is 1. The molecule has 0 aliphatic carbocycles. The SMILES string of the molecule is COc1cccc2c3n(c(=NC(=O)c4ccc(N)nc4)nc12)CCN3. The first-order valence-electron chi connectivity index (χ1n) is 7.79. The molecule has 1 aliphatic heterocycles. The molecule has 0 atom stereocenters. The first-order chi connectivity index (χ1) is 12.2.